The zero-order valence-corrected chi connectivity index (χ0v) is 16.0. The van der Waals surface area contributed by atoms with Crippen molar-refractivity contribution < 1.29 is 4.74 Å². The maximum absolute atomic E-state index is 11.7. The van der Waals surface area contributed by atoms with Crippen LogP contribution in [0.2, 0.25) is 0 Å². The minimum atomic E-state index is -0.469. The highest BCUT2D eigenvalue weighted by Crippen LogP contribution is 2.47. The van der Waals surface area contributed by atoms with Crippen molar-refractivity contribution in [1.29, 1.82) is 0 Å². The Morgan fingerprint density at radius 2 is 2.00 bits per heavy atom. The molecule has 3 atom stereocenters. The summed E-state index contributed by atoms with van der Waals surface area (Å²) in [6, 6.07) is 0. The van der Waals surface area contributed by atoms with Crippen LogP contribution in [0.3, 0.4) is 0 Å². The van der Waals surface area contributed by atoms with Gasteiger partial charge in [0.25, 0.3) is 0 Å². The Balaban J connectivity index is 1.98. The van der Waals surface area contributed by atoms with Crippen molar-refractivity contribution in [1.82, 2.24) is 19.5 Å². The van der Waals surface area contributed by atoms with E-state index in [1.54, 1.807) is 6.33 Å². The molecular weight excluding hydrogens is 318 g/mol. The smallest absolute Gasteiger partial charge is 0.348 e. The summed E-state index contributed by atoms with van der Waals surface area (Å²) in [5, 5.41) is 0. The van der Waals surface area contributed by atoms with E-state index in [-0.39, 0.29) is 29.0 Å². The molecular formula is C18H29N5O2. The van der Waals surface area contributed by atoms with Gasteiger partial charge in [0.2, 0.25) is 0 Å². The molecule has 0 spiro atoms. The fraction of sp³-hybridized carbons (Fsp3) is 0.722. The summed E-state index contributed by atoms with van der Waals surface area (Å²) in [4.78, 5) is 22.6. The van der Waals surface area contributed by atoms with E-state index < -0.39 is 5.69 Å². The Hall–Kier alpha value is -1.89. The lowest BCUT2D eigenvalue weighted by Crippen LogP contribution is -2.31. The van der Waals surface area contributed by atoms with E-state index in [0.29, 0.717) is 17.1 Å². The van der Waals surface area contributed by atoms with Gasteiger partial charge in [-0.15, -0.1) is 0 Å². The molecule has 3 N–H and O–H groups in total. The lowest BCUT2D eigenvalue weighted by molar-refractivity contribution is -0.0309. The largest absolute Gasteiger partial charge is 0.383 e. The van der Waals surface area contributed by atoms with Crippen LogP contribution < -0.4 is 11.4 Å². The predicted octanol–water partition coefficient (Wildman–Crippen LogP) is 3.09. The van der Waals surface area contributed by atoms with Crippen LogP contribution in [0.25, 0.3) is 11.2 Å². The van der Waals surface area contributed by atoms with E-state index in [1.807, 2.05) is 4.57 Å². The third kappa shape index (κ3) is 3.56. The van der Waals surface area contributed by atoms with Gasteiger partial charge in [0, 0.05) is 0 Å². The molecule has 2 aromatic rings. The number of ether oxygens (including phenoxy) is 1. The number of nitrogen functional groups attached to an aromatic ring is 1. The Kier molecular flexibility index (Phi) is 4.18. The lowest BCUT2D eigenvalue weighted by Gasteiger charge is -2.33. The fourth-order valence-corrected chi connectivity index (χ4v) is 3.77. The van der Waals surface area contributed by atoms with Crippen LogP contribution in [0.5, 0.6) is 0 Å². The molecule has 7 nitrogen and oxygen atoms in total. The molecule has 1 saturated heterocycles. The average molecular weight is 347 g/mol. The fourth-order valence-electron chi connectivity index (χ4n) is 3.77. The van der Waals surface area contributed by atoms with Gasteiger partial charge in [-0.3, -0.25) is 9.55 Å². The molecule has 0 bridgehead atoms. The highest BCUT2D eigenvalue weighted by molar-refractivity contribution is 5.81. The van der Waals surface area contributed by atoms with Crippen LogP contribution in [0.15, 0.2) is 11.1 Å². The van der Waals surface area contributed by atoms with Crippen LogP contribution in [0.1, 0.15) is 60.6 Å². The molecule has 2 aromatic heterocycles. The molecule has 7 heteroatoms. The van der Waals surface area contributed by atoms with Crippen LogP contribution in [-0.2, 0) is 4.74 Å². The van der Waals surface area contributed by atoms with Crippen molar-refractivity contribution in [2.45, 2.75) is 66.7 Å². The van der Waals surface area contributed by atoms with Gasteiger partial charge in [-0.25, -0.2) is 9.78 Å². The summed E-state index contributed by atoms with van der Waals surface area (Å²) in [5.74, 6) is 0.652. The quantitative estimate of drug-likeness (QED) is 0.870. The van der Waals surface area contributed by atoms with Crippen LogP contribution in [-0.4, -0.2) is 25.6 Å². The number of hydrogen-bond donors (Lipinski definition) is 2. The van der Waals surface area contributed by atoms with Gasteiger partial charge in [0.05, 0.1) is 12.4 Å². The molecule has 25 heavy (non-hydrogen) atoms. The molecule has 0 unspecified atom stereocenters. The van der Waals surface area contributed by atoms with Crippen molar-refractivity contribution in [2.24, 2.45) is 16.7 Å². The van der Waals surface area contributed by atoms with Crippen molar-refractivity contribution >= 4 is 17.0 Å². The van der Waals surface area contributed by atoms with Gasteiger partial charge in [0.1, 0.15) is 17.6 Å². The maximum atomic E-state index is 11.7. The molecule has 3 heterocycles. The van der Waals surface area contributed by atoms with E-state index in [1.165, 1.54) is 0 Å². The zero-order chi connectivity index (χ0) is 18.6. The third-order valence-electron chi connectivity index (χ3n) is 4.94. The highest BCUT2D eigenvalue weighted by atomic mass is 16.5. The van der Waals surface area contributed by atoms with Gasteiger partial charge in [-0.1, -0.05) is 41.5 Å². The first kappa shape index (κ1) is 17.9. The first-order chi connectivity index (χ1) is 11.5. The Labute approximate surface area is 148 Å². The maximum Gasteiger partial charge on any atom is 0.348 e. The molecule has 0 aromatic carbocycles. The SMILES string of the molecule is CC(C)(C)C[C@H]1O[C@@H](n2cnc3c(N)[nH]c(=O)nc32)C[C@H]1C(C)(C)C. The second-order valence-corrected chi connectivity index (χ2v) is 9.38. The van der Waals surface area contributed by atoms with Crippen LogP contribution in [0.4, 0.5) is 5.82 Å². The number of H-pyrrole nitrogens is 1. The summed E-state index contributed by atoms with van der Waals surface area (Å²) >= 11 is 0. The summed E-state index contributed by atoms with van der Waals surface area (Å²) in [6.07, 6.45) is 3.49. The molecule has 3 rings (SSSR count). The molecule has 0 radical (unpaired) electrons. The van der Waals surface area contributed by atoms with Crippen molar-refractivity contribution in [3.05, 3.63) is 16.8 Å². The summed E-state index contributed by atoms with van der Waals surface area (Å²) in [5.41, 5.74) is 6.70. The molecule has 0 saturated carbocycles. The van der Waals surface area contributed by atoms with Gasteiger partial charge >= 0.3 is 5.69 Å². The second-order valence-electron chi connectivity index (χ2n) is 9.38. The summed E-state index contributed by atoms with van der Waals surface area (Å²) in [6.45, 7) is 13.5. The Morgan fingerprint density at radius 3 is 2.60 bits per heavy atom. The number of imidazole rings is 1. The number of rotatable bonds is 2. The minimum Gasteiger partial charge on any atom is -0.383 e. The monoisotopic (exact) mass is 347 g/mol. The molecule has 1 aliphatic heterocycles. The number of nitrogens with one attached hydrogen (secondary N) is 1. The average Bonchev–Trinajstić information content (AvgIpc) is 2.99. The summed E-state index contributed by atoms with van der Waals surface area (Å²) in [7, 11) is 0. The number of aromatic nitrogens is 4. The topological polar surface area (TPSA) is 98.8 Å². The van der Waals surface area contributed by atoms with Gasteiger partial charge < -0.3 is 10.5 Å². The van der Waals surface area contributed by atoms with E-state index in [0.717, 1.165) is 12.8 Å². The Bertz CT molecular complexity index is 825. The van der Waals surface area contributed by atoms with E-state index in [2.05, 4.69) is 56.5 Å². The van der Waals surface area contributed by atoms with Crippen LogP contribution in [0, 0.1) is 16.7 Å². The normalized spacial score (nSPS) is 25.0. The number of aromatic amines is 1. The van der Waals surface area contributed by atoms with E-state index >= 15 is 0 Å². The predicted molar refractivity (Wildman–Crippen MR) is 98.1 cm³/mol. The molecule has 1 fully saturated rings. The number of fused-ring (bicyclic) bond motifs is 1. The highest BCUT2D eigenvalue weighted by Gasteiger charge is 2.44. The van der Waals surface area contributed by atoms with Gasteiger partial charge in [-0.05, 0) is 29.6 Å². The summed E-state index contributed by atoms with van der Waals surface area (Å²) < 4.78 is 8.29. The van der Waals surface area contributed by atoms with E-state index in [4.69, 9.17) is 10.5 Å². The molecule has 138 valence electrons. The standard InChI is InChI=1S/C18H29N5O2/c1-17(2,3)8-11-10(18(4,5)6)7-12(25-11)23-9-20-13-14(19)21-16(24)22-15(13)23/h9-12H,7-8H2,1-6H3,(H3,19,21,22,24)/t10-,11-,12-/m1/s1. The third-order valence-corrected chi connectivity index (χ3v) is 4.94. The van der Waals surface area contributed by atoms with Crippen molar-refractivity contribution in [2.75, 3.05) is 5.73 Å². The van der Waals surface area contributed by atoms with Gasteiger partial charge in [0.15, 0.2) is 5.65 Å². The minimum absolute atomic E-state index is 0.130. The Morgan fingerprint density at radius 1 is 1.32 bits per heavy atom. The second kappa shape index (κ2) is 5.83. The first-order valence-corrected chi connectivity index (χ1v) is 8.83. The van der Waals surface area contributed by atoms with Gasteiger partial charge in [-0.2, -0.15) is 4.98 Å². The first-order valence-electron chi connectivity index (χ1n) is 8.83. The van der Waals surface area contributed by atoms with Crippen LogP contribution >= 0.6 is 0 Å². The number of nitrogens with zero attached hydrogens (tertiary/aromatic N) is 3. The van der Waals surface area contributed by atoms with E-state index in [9.17, 15) is 4.79 Å². The van der Waals surface area contributed by atoms with Crippen molar-refractivity contribution in [3.63, 3.8) is 0 Å². The number of hydrogen-bond acceptors (Lipinski definition) is 5. The molecule has 1 aliphatic rings. The number of nitrogens with two attached hydrogens (primary N) is 1. The molecule has 0 amide bonds. The number of anilines is 1. The molecule has 0 aliphatic carbocycles. The lowest BCUT2D eigenvalue weighted by atomic mass is 9.73. The van der Waals surface area contributed by atoms with Crippen molar-refractivity contribution in [3.8, 4) is 0 Å². The zero-order valence-electron chi connectivity index (χ0n) is 16.0.